The normalized spacial score (nSPS) is 10.4. The van der Waals surface area contributed by atoms with Gasteiger partial charge in [-0.25, -0.2) is 9.59 Å². The molecule has 0 aliphatic carbocycles. The Morgan fingerprint density at radius 2 is 1.19 bits per heavy atom. The Hall–Kier alpha value is -2.62. The highest BCUT2D eigenvalue weighted by atomic mass is 16.4. The standard InChI is InChI=1S/C17H16O4/c1-10-7-12(3-5-14(10)16(18)19)9-13-4-6-15(17(20)21)11(2)8-13/h3-8H,9H2,1-2H3,(H,18,19)(H,20,21). The van der Waals surface area contributed by atoms with Crippen LogP contribution in [0, 0.1) is 13.8 Å². The number of hydrogen-bond donors (Lipinski definition) is 2. The van der Waals surface area contributed by atoms with Crippen LogP contribution in [-0.4, -0.2) is 22.2 Å². The number of hydrogen-bond acceptors (Lipinski definition) is 2. The molecule has 0 heterocycles. The maximum absolute atomic E-state index is 11.0. The number of carboxylic acid groups (broad SMARTS) is 2. The van der Waals surface area contributed by atoms with Gasteiger partial charge in [-0.05, 0) is 54.7 Å². The Kier molecular flexibility index (Phi) is 4.08. The van der Waals surface area contributed by atoms with Gasteiger partial charge in [0.25, 0.3) is 0 Å². The van der Waals surface area contributed by atoms with Crippen LogP contribution in [0.1, 0.15) is 43.0 Å². The van der Waals surface area contributed by atoms with Crippen molar-refractivity contribution < 1.29 is 19.8 Å². The van der Waals surface area contributed by atoms with Crippen molar-refractivity contribution in [2.24, 2.45) is 0 Å². The third-order valence-corrected chi connectivity index (χ3v) is 3.45. The first kappa shape index (κ1) is 14.8. The quantitative estimate of drug-likeness (QED) is 0.903. The molecule has 108 valence electrons. The first-order chi connectivity index (χ1) is 9.88. The second-order valence-electron chi connectivity index (χ2n) is 5.09. The maximum Gasteiger partial charge on any atom is 0.335 e. The second kappa shape index (κ2) is 5.79. The summed E-state index contributed by atoms with van der Waals surface area (Å²) in [6.07, 6.45) is 0.640. The van der Waals surface area contributed by atoms with Crippen LogP contribution in [0.4, 0.5) is 0 Å². The molecule has 0 bridgehead atoms. The van der Waals surface area contributed by atoms with E-state index in [2.05, 4.69) is 0 Å². The molecule has 2 aromatic carbocycles. The summed E-state index contributed by atoms with van der Waals surface area (Å²) in [5.41, 5.74) is 4.05. The van der Waals surface area contributed by atoms with Gasteiger partial charge in [-0.2, -0.15) is 0 Å². The largest absolute Gasteiger partial charge is 0.478 e. The molecule has 0 saturated carbocycles. The Bertz CT molecular complexity index is 655. The summed E-state index contributed by atoms with van der Waals surface area (Å²) in [7, 11) is 0. The van der Waals surface area contributed by atoms with Crippen LogP contribution in [-0.2, 0) is 6.42 Å². The first-order valence-corrected chi connectivity index (χ1v) is 6.54. The molecule has 0 unspecified atom stereocenters. The van der Waals surface area contributed by atoms with Gasteiger partial charge in [0.2, 0.25) is 0 Å². The third-order valence-electron chi connectivity index (χ3n) is 3.45. The molecule has 2 rings (SSSR count). The van der Waals surface area contributed by atoms with Crippen LogP contribution in [0.3, 0.4) is 0 Å². The average molecular weight is 284 g/mol. The van der Waals surface area contributed by atoms with Gasteiger partial charge in [-0.1, -0.05) is 24.3 Å². The molecule has 0 aliphatic heterocycles. The number of aromatic carboxylic acids is 2. The van der Waals surface area contributed by atoms with Gasteiger partial charge in [0.1, 0.15) is 0 Å². The van der Waals surface area contributed by atoms with Crippen LogP contribution in [0.2, 0.25) is 0 Å². The molecule has 0 saturated heterocycles. The number of carbonyl (C=O) groups is 2. The van der Waals surface area contributed by atoms with E-state index in [-0.39, 0.29) is 0 Å². The van der Waals surface area contributed by atoms with Gasteiger partial charge < -0.3 is 10.2 Å². The third kappa shape index (κ3) is 3.28. The molecule has 4 heteroatoms. The molecular formula is C17H16O4. The molecule has 4 nitrogen and oxygen atoms in total. The summed E-state index contributed by atoms with van der Waals surface area (Å²) in [5, 5.41) is 18.0. The highest BCUT2D eigenvalue weighted by Crippen LogP contribution is 2.17. The van der Waals surface area contributed by atoms with E-state index >= 15 is 0 Å². The molecule has 21 heavy (non-hydrogen) atoms. The lowest BCUT2D eigenvalue weighted by atomic mass is 9.97. The van der Waals surface area contributed by atoms with E-state index in [1.807, 2.05) is 12.1 Å². The molecule has 0 radical (unpaired) electrons. The van der Waals surface area contributed by atoms with E-state index in [4.69, 9.17) is 10.2 Å². The Balaban J connectivity index is 2.26. The Morgan fingerprint density at radius 3 is 1.48 bits per heavy atom. The molecule has 0 aromatic heterocycles. The van der Waals surface area contributed by atoms with Gasteiger partial charge >= 0.3 is 11.9 Å². The lowest BCUT2D eigenvalue weighted by Gasteiger charge is -2.08. The number of aryl methyl sites for hydroxylation is 2. The maximum atomic E-state index is 11.0. The fourth-order valence-corrected chi connectivity index (χ4v) is 2.39. The lowest BCUT2D eigenvalue weighted by Crippen LogP contribution is -2.02. The molecular weight excluding hydrogens is 268 g/mol. The summed E-state index contributed by atoms with van der Waals surface area (Å²) in [4.78, 5) is 22.0. The van der Waals surface area contributed by atoms with Gasteiger partial charge in [-0.3, -0.25) is 0 Å². The number of benzene rings is 2. The predicted octanol–water partition coefficient (Wildman–Crippen LogP) is 3.29. The summed E-state index contributed by atoms with van der Waals surface area (Å²) >= 11 is 0. The fraction of sp³-hybridized carbons (Fsp3) is 0.176. The monoisotopic (exact) mass is 284 g/mol. The van der Waals surface area contributed by atoms with Crippen molar-refractivity contribution in [3.05, 3.63) is 69.8 Å². The highest BCUT2D eigenvalue weighted by Gasteiger charge is 2.09. The van der Waals surface area contributed by atoms with Crippen molar-refractivity contribution in [3.8, 4) is 0 Å². The second-order valence-corrected chi connectivity index (χ2v) is 5.09. The first-order valence-electron chi connectivity index (χ1n) is 6.54. The van der Waals surface area contributed by atoms with E-state index < -0.39 is 11.9 Å². The van der Waals surface area contributed by atoms with Crippen molar-refractivity contribution in [1.82, 2.24) is 0 Å². The van der Waals surface area contributed by atoms with Gasteiger partial charge in [0.15, 0.2) is 0 Å². The van der Waals surface area contributed by atoms with Gasteiger partial charge in [0, 0.05) is 0 Å². The van der Waals surface area contributed by atoms with E-state index in [0.29, 0.717) is 17.5 Å². The zero-order chi connectivity index (χ0) is 15.6. The van der Waals surface area contributed by atoms with Crippen LogP contribution in [0.5, 0.6) is 0 Å². The van der Waals surface area contributed by atoms with Crippen molar-refractivity contribution in [1.29, 1.82) is 0 Å². The SMILES string of the molecule is Cc1cc(Cc2ccc(C(=O)O)c(C)c2)ccc1C(=O)O. The number of carboxylic acids is 2. The van der Waals surface area contributed by atoms with Gasteiger partial charge in [0.05, 0.1) is 11.1 Å². The molecule has 0 aliphatic rings. The summed E-state index contributed by atoms with van der Waals surface area (Å²) in [6.45, 7) is 3.54. The summed E-state index contributed by atoms with van der Waals surface area (Å²) in [5.74, 6) is -1.86. The zero-order valence-electron chi connectivity index (χ0n) is 11.9. The zero-order valence-corrected chi connectivity index (χ0v) is 11.9. The highest BCUT2D eigenvalue weighted by molar-refractivity contribution is 5.90. The minimum atomic E-state index is -0.930. The Labute approximate surface area is 122 Å². The van der Waals surface area contributed by atoms with E-state index in [1.165, 1.54) is 0 Å². The topological polar surface area (TPSA) is 74.6 Å². The molecule has 0 atom stereocenters. The van der Waals surface area contributed by atoms with Crippen LogP contribution in [0.15, 0.2) is 36.4 Å². The minimum Gasteiger partial charge on any atom is -0.478 e. The van der Waals surface area contributed by atoms with Crippen LogP contribution >= 0.6 is 0 Å². The lowest BCUT2D eigenvalue weighted by molar-refractivity contribution is 0.0685. The van der Waals surface area contributed by atoms with Crippen LogP contribution < -0.4 is 0 Å². The van der Waals surface area contributed by atoms with E-state index in [1.54, 1.807) is 38.1 Å². The van der Waals surface area contributed by atoms with E-state index in [9.17, 15) is 9.59 Å². The molecule has 2 aromatic rings. The van der Waals surface area contributed by atoms with E-state index in [0.717, 1.165) is 22.3 Å². The molecule has 0 amide bonds. The Morgan fingerprint density at radius 1 is 0.810 bits per heavy atom. The molecule has 0 spiro atoms. The minimum absolute atomic E-state index is 0.302. The number of rotatable bonds is 4. The van der Waals surface area contributed by atoms with Crippen LogP contribution in [0.25, 0.3) is 0 Å². The summed E-state index contributed by atoms with van der Waals surface area (Å²) in [6, 6.07) is 10.5. The predicted molar refractivity (Wildman–Crippen MR) is 79.1 cm³/mol. The summed E-state index contributed by atoms with van der Waals surface area (Å²) < 4.78 is 0. The van der Waals surface area contributed by atoms with Gasteiger partial charge in [-0.15, -0.1) is 0 Å². The smallest absolute Gasteiger partial charge is 0.335 e. The molecule has 2 N–H and O–H groups in total. The fourth-order valence-electron chi connectivity index (χ4n) is 2.39. The van der Waals surface area contributed by atoms with Crippen molar-refractivity contribution in [2.45, 2.75) is 20.3 Å². The van der Waals surface area contributed by atoms with Crippen molar-refractivity contribution >= 4 is 11.9 Å². The van der Waals surface area contributed by atoms with Crippen molar-refractivity contribution in [2.75, 3.05) is 0 Å². The van der Waals surface area contributed by atoms with Crippen molar-refractivity contribution in [3.63, 3.8) is 0 Å². The average Bonchev–Trinajstić information content (AvgIpc) is 2.37. The molecule has 0 fully saturated rings.